The molecule has 0 aromatic carbocycles. The molecule has 202 valence electrons. The van der Waals surface area contributed by atoms with Gasteiger partial charge < -0.3 is 19.8 Å². The van der Waals surface area contributed by atoms with Gasteiger partial charge in [0.05, 0.1) is 0 Å². The second kappa shape index (κ2) is 49.6. The third-order valence-corrected chi connectivity index (χ3v) is 4.26. The minimum absolute atomic E-state index is 0.167. The zero-order valence-corrected chi connectivity index (χ0v) is 25.3. The standard InChI is InChI=1S/C8H16O2.2C8H15O.C3H8O.O.Zr/c1-2-3-4-5-6-7-8(9)10;2*1-2-3-4-5-6-7-8-9;1-3(2)4;;/h2-7H2,1H3,(H,9,10);2*2-7H2,1H3;3-4H,1-2H3;;/q;2*-1;;;+2. The maximum atomic E-state index is 10.0. The third kappa shape index (κ3) is 85.7. The van der Waals surface area contributed by atoms with E-state index in [1.54, 1.807) is 13.8 Å². The molecule has 0 bridgehead atoms. The Morgan fingerprint density at radius 1 is 0.647 bits per heavy atom. The van der Waals surface area contributed by atoms with E-state index in [0.717, 1.165) is 25.7 Å². The molecule has 0 aliphatic carbocycles. The number of hydrogen-bond donors (Lipinski definition) is 2. The van der Waals surface area contributed by atoms with Crippen LogP contribution in [0, 0.1) is 0 Å². The monoisotopic (exact) mass is 564 g/mol. The number of hydrogen-bond acceptors (Lipinski definition) is 5. The summed E-state index contributed by atoms with van der Waals surface area (Å²) in [5.74, 6) is -0.670. The molecule has 0 unspecified atom stereocenters. The van der Waals surface area contributed by atoms with Gasteiger partial charge in [0.15, 0.2) is 0 Å². The summed E-state index contributed by atoms with van der Waals surface area (Å²) in [6, 6.07) is 0. The van der Waals surface area contributed by atoms with Gasteiger partial charge in [-0.2, -0.15) is 12.8 Å². The first-order valence-corrected chi connectivity index (χ1v) is 14.1. The summed E-state index contributed by atoms with van der Waals surface area (Å²) in [5, 5.41) is 16.3. The van der Waals surface area contributed by atoms with Crippen molar-refractivity contribution >= 4 is 18.5 Å². The van der Waals surface area contributed by atoms with Gasteiger partial charge >= 0.3 is 33.5 Å². The molecule has 0 saturated heterocycles. The van der Waals surface area contributed by atoms with Crippen molar-refractivity contribution in [3.05, 3.63) is 0 Å². The Labute approximate surface area is 226 Å². The summed E-state index contributed by atoms with van der Waals surface area (Å²) in [5.41, 5.74) is 0. The average molecular weight is 566 g/mol. The predicted molar refractivity (Wildman–Crippen MR) is 137 cm³/mol. The van der Waals surface area contributed by atoms with Crippen molar-refractivity contribution in [1.29, 1.82) is 0 Å². The summed E-state index contributed by atoms with van der Waals surface area (Å²) in [6.07, 6.45) is 22.9. The van der Waals surface area contributed by atoms with Crippen LogP contribution in [0.4, 0.5) is 0 Å². The van der Waals surface area contributed by atoms with Gasteiger partial charge in [-0.3, -0.25) is 17.4 Å². The Balaban J connectivity index is -0.000000111. The molecule has 34 heavy (non-hydrogen) atoms. The van der Waals surface area contributed by atoms with Gasteiger partial charge in [-0.1, -0.05) is 111 Å². The fraction of sp³-hybridized carbons (Fsp3) is 0.889. The van der Waals surface area contributed by atoms with E-state index in [4.69, 9.17) is 13.0 Å². The number of carboxylic acids is 1. The number of rotatable bonds is 18. The molecule has 0 aliphatic heterocycles. The minimum atomic E-state index is -0.670. The Morgan fingerprint density at radius 2 is 0.912 bits per heavy atom. The molecule has 0 atom stereocenters. The van der Waals surface area contributed by atoms with Gasteiger partial charge in [-0.05, 0) is 20.3 Å². The number of carbonyl (C=O) groups excluding carboxylic acids is 2. The van der Waals surface area contributed by atoms with Crippen LogP contribution in [0.15, 0.2) is 0 Å². The molecular formula is C27H54O6Zr. The SMILES string of the molecule is CC(C)O.CCCCCCCC(=O)O.CCCCCCC[C-]=O.CCCCCCC[C-]=O.[O]=[Zr+2]. The average Bonchev–Trinajstić information content (AvgIpc) is 2.80. The molecule has 0 radical (unpaired) electrons. The number of carbonyl (C=O) groups is 1. The van der Waals surface area contributed by atoms with Crippen molar-refractivity contribution in [3.8, 4) is 0 Å². The van der Waals surface area contributed by atoms with Crippen LogP contribution in [0.5, 0.6) is 0 Å². The second-order valence-corrected chi connectivity index (χ2v) is 8.27. The first-order chi connectivity index (χ1) is 16.3. The van der Waals surface area contributed by atoms with E-state index < -0.39 is 5.97 Å². The van der Waals surface area contributed by atoms with Crippen molar-refractivity contribution in [3.63, 3.8) is 0 Å². The van der Waals surface area contributed by atoms with E-state index in [0.29, 0.717) is 44.0 Å². The molecule has 7 heteroatoms. The van der Waals surface area contributed by atoms with Gasteiger partial charge in [0.2, 0.25) is 0 Å². The zero-order chi connectivity index (χ0) is 27.3. The van der Waals surface area contributed by atoms with E-state index in [1.165, 1.54) is 70.6 Å². The Morgan fingerprint density at radius 3 is 1.15 bits per heavy atom. The van der Waals surface area contributed by atoms with Crippen molar-refractivity contribution in [2.45, 2.75) is 156 Å². The van der Waals surface area contributed by atoms with Crippen LogP contribution in [0.25, 0.3) is 0 Å². The van der Waals surface area contributed by atoms with E-state index >= 15 is 0 Å². The molecule has 0 aliphatic rings. The second-order valence-electron chi connectivity index (χ2n) is 8.27. The van der Waals surface area contributed by atoms with Gasteiger partial charge in [-0.25, -0.2) is 0 Å². The van der Waals surface area contributed by atoms with Crippen molar-refractivity contribution in [1.82, 2.24) is 0 Å². The molecule has 0 spiro atoms. The zero-order valence-electron chi connectivity index (χ0n) is 22.8. The molecular weight excluding hydrogens is 512 g/mol. The molecule has 0 fully saturated rings. The summed E-state index contributed by atoms with van der Waals surface area (Å²) in [4.78, 5) is 29.5. The van der Waals surface area contributed by atoms with Crippen LogP contribution in [-0.2, 0) is 41.9 Å². The van der Waals surface area contributed by atoms with E-state index in [-0.39, 0.29) is 6.10 Å². The fourth-order valence-corrected chi connectivity index (χ4v) is 2.48. The Hall–Kier alpha value is -0.547. The third-order valence-electron chi connectivity index (χ3n) is 4.26. The Bertz CT molecular complexity index is 344. The van der Waals surface area contributed by atoms with Crippen LogP contribution in [0.2, 0.25) is 0 Å². The first kappa shape index (κ1) is 43.5. The summed E-state index contributed by atoms with van der Waals surface area (Å²) >= 11 is 0.300. The van der Waals surface area contributed by atoms with E-state index in [1.807, 2.05) is 12.6 Å². The summed E-state index contributed by atoms with van der Waals surface area (Å²) in [7, 11) is 0. The summed E-state index contributed by atoms with van der Waals surface area (Å²) in [6.45, 7) is 9.97. The number of carboxylic acid groups (broad SMARTS) is 1. The summed E-state index contributed by atoms with van der Waals surface area (Å²) < 4.78 is 8.34. The number of aliphatic carboxylic acids is 1. The van der Waals surface area contributed by atoms with Gasteiger partial charge in [0.1, 0.15) is 0 Å². The van der Waals surface area contributed by atoms with Crippen molar-refractivity contribution in [2.75, 3.05) is 0 Å². The van der Waals surface area contributed by atoms with Crippen LogP contribution >= 0.6 is 0 Å². The van der Waals surface area contributed by atoms with Crippen molar-refractivity contribution < 1.29 is 52.1 Å². The molecule has 0 heterocycles. The number of aliphatic hydroxyl groups excluding tert-OH is 1. The maximum absolute atomic E-state index is 10.0. The molecule has 0 aromatic heterocycles. The molecule has 0 rings (SSSR count). The topological polar surface area (TPSA) is 109 Å². The quantitative estimate of drug-likeness (QED) is 0.131. The fourth-order valence-electron chi connectivity index (χ4n) is 2.48. The Kier molecular flexibility index (Phi) is 63.4. The predicted octanol–water partition coefficient (Wildman–Crippen LogP) is 7.61. The van der Waals surface area contributed by atoms with Crippen LogP contribution < -0.4 is 0 Å². The molecule has 6 nitrogen and oxygen atoms in total. The van der Waals surface area contributed by atoms with Crippen LogP contribution in [-0.4, -0.2) is 34.9 Å². The molecule has 0 aromatic rings. The molecule has 2 N–H and O–H groups in total. The first-order valence-electron chi connectivity index (χ1n) is 13.1. The molecule has 0 saturated carbocycles. The van der Waals surface area contributed by atoms with Crippen LogP contribution in [0.3, 0.4) is 0 Å². The van der Waals surface area contributed by atoms with E-state index in [9.17, 15) is 14.4 Å². The normalized spacial score (nSPS) is 9.09. The van der Waals surface area contributed by atoms with Gasteiger partial charge in [0.25, 0.3) is 0 Å². The van der Waals surface area contributed by atoms with Crippen LogP contribution in [0.1, 0.15) is 150 Å². The van der Waals surface area contributed by atoms with Crippen molar-refractivity contribution in [2.24, 2.45) is 0 Å². The molecule has 0 amide bonds. The van der Waals surface area contributed by atoms with Gasteiger partial charge in [0, 0.05) is 12.5 Å². The number of unbranched alkanes of at least 4 members (excludes halogenated alkanes) is 14. The van der Waals surface area contributed by atoms with Gasteiger partial charge in [-0.15, -0.1) is 0 Å². The number of aliphatic hydroxyl groups is 1. The van der Waals surface area contributed by atoms with E-state index in [2.05, 4.69) is 20.8 Å².